The van der Waals surface area contributed by atoms with E-state index < -0.39 is 12.1 Å². The Bertz CT molecular complexity index is 463. The number of morpholine rings is 1. The molecule has 2 rings (SSSR count). The maximum absolute atomic E-state index is 11.9. The summed E-state index contributed by atoms with van der Waals surface area (Å²) in [6, 6.07) is 6.27. The summed E-state index contributed by atoms with van der Waals surface area (Å²) in [5, 5.41) is 4.96. The minimum absolute atomic E-state index is 0.176. The third-order valence-corrected chi connectivity index (χ3v) is 3.12. The summed E-state index contributed by atoms with van der Waals surface area (Å²) in [7, 11) is 0. The van der Waals surface area contributed by atoms with Crippen molar-refractivity contribution < 1.29 is 22.7 Å². The zero-order valence-corrected chi connectivity index (χ0v) is 12.9. The molecule has 21 heavy (non-hydrogen) atoms. The largest absolute Gasteiger partial charge is 0.471 e. The molecule has 1 aromatic rings. The fraction of sp³-hybridized carbons (Fsp3) is 0.462. The Morgan fingerprint density at radius 2 is 2.10 bits per heavy atom. The number of nitrogens with one attached hydrogen (secondary N) is 2. The van der Waals surface area contributed by atoms with Crippen molar-refractivity contribution in [1.82, 2.24) is 5.32 Å². The van der Waals surface area contributed by atoms with E-state index in [1.165, 1.54) is 6.07 Å². The molecule has 8 heteroatoms. The molecule has 0 bridgehead atoms. The second-order valence-corrected chi connectivity index (χ2v) is 5.37. The highest BCUT2D eigenvalue weighted by atomic mass is 79.9. The van der Waals surface area contributed by atoms with E-state index in [0.717, 1.165) is 19.8 Å². The summed E-state index contributed by atoms with van der Waals surface area (Å²) in [6.07, 6.45) is -4.84. The van der Waals surface area contributed by atoms with Crippen LogP contribution >= 0.6 is 15.9 Å². The van der Waals surface area contributed by atoms with Crippen LogP contribution in [0, 0.1) is 6.92 Å². The lowest BCUT2D eigenvalue weighted by Crippen LogP contribution is -2.36. The lowest BCUT2D eigenvalue weighted by Gasteiger charge is -2.17. The van der Waals surface area contributed by atoms with Gasteiger partial charge in [0.2, 0.25) is 0 Å². The summed E-state index contributed by atoms with van der Waals surface area (Å²) in [5.74, 6) is -1.95. The van der Waals surface area contributed by atoms with Gasteiger partial charge in [0.05, 0.1) is 18.2 Å². The zero-order valence-electron chi connectivity index (χ0n) is 11.3. The first-order valence-corrected chi connectivity index (χ1v) is 7.11. The molecule has 4 nitrogen and oxygen atoms in total. The van der Waals surface area contributed by atoms with Crippen LogP contribution in [0.15, 0.2) is 24.3 Å². The summed E-state index contributed by atoms with van der Waals surface area (Å²) < 4.78 is 40.6. The molecule has 1 atom stereocenters. The Balaban J connectivity index is 0.000000262. The summed E-state index contributed by atoms with van der Waals surface area (Å²) in [5.41, 5.74) is 0.764. The van der Waals surface area contributed by atoms with Gasteiger partial charge in [-0.1, -0.05) is 34.1 Å². The molecule has 1 fully saturated rings. The van der Waals surface area contributed by atoms with Gasteiger partial charge in [-0.3, -0.25) is 4.79 Å². The van der Waals surface area contributed by atoms with Gasteiger partial charge in [-0.25, -0.2) is 0 Å². The average molecular weight is 369 g/mol. The van der Waals surface area contributed by atoms with Crippen LogP contribution in [0.25, 0.3) is 0 Å². The summed E-state index contributed by atoms with van der Waals surface area (Å²) in [6.45, 7) is 4.23. The van der Waals surface area contributed by atoms with Gasteiger partial charge < -0.3 is 15.4 Å². The van der Waals surface area contributed by atoms with Gasteiger partial charge in [0.15, 0.2) is 0 Å². The molecule has 1 amide bonds. The van der Waals surface area contributed by atoms with Gasteiger partial charge in [-0.05, 0) is 18.6 Å². The van der Waals surface area contributed by atoms with Crippen LogP contribution in [0.3, 0.4) is 0 Å². The third kappa shape index (κ3) is 6.92. The Kier molecular flexibility index (Phi) is 7.13. The van der Waals surface area contributed by atoms with Crippen LogP contribution in [0.4, 0.5) is 18.9 Å². The first kappa shape index (κ1) is 17.9. The second-order valence-electron chi connectivity index (χ2n) is 4.26. The lowest BCUT2D eigenvalue weighted by molar-refractivity contribution is -0.167. The number of anilines is 1. The SMILES string of the molecule is BrC1COCCN1.Cc1ccccc1NC(=O)C(F)(F)F. The van der Waals surface area contributed by atoms with Crippen molar-refractivity contribution >= 4 is 27.5 Å². The van der Waals surface area contributed by atoms with Crippen molar-refractivity contribution in [2.75, 3.05) is 25.1 Å². The molecule has 1 aromatic carbocycles. The second kappa shape index (κ2) is 8.35. The van der Waals surface area contributed by atoms with Gasteiger partial charge >= 0.3 is 12.1 Å². The van der Waals surface area contributed by atoms with E-state index in [-0.39, 0.29) is 5.69 Å². The molecule has 0 aromatic heterocycles. The molecule has 1 heterocycles. The predicted molar refractivity (Wildman–Crippen MR) is 77.4 cm³/mol. The number of hydrogen-bond donors (Lipinski definition) is 2. The number of carbonyl (C=O) groups excluding carboxylic acids is 1. The fourth-order valence-electron chi connectivity index (χ4n) is 1.44. The van der Waals surface area contributed by atoms with E-state index in [0.29, 0.717) is 10.5 Å². The van der Waals surface area contributed by atoms with Crippen LogP contribution < -0.4 is 10.6 Å². The molecule has 1 saturated heterocycles. The maximum atomic E-state index is 11.9. The van der Waals surface area contributed by atoms with Crippen LogP contribution in [-0.2, 0) is 9.53 Å². The van der Waals surface area contributed by atoms with Crippen LogP contribution in [0.2, 0.25) is 0 Å². The molecule has 1 aliphatic heterocycles. The Morgan fingerprint density at radius 3 is 2.52 bits per heavy atom. The number of alkyl halides is 4. The number of ether oxygens (including phenoxy) is 1. The number of carbonyl (C=O) groups is 1. The van der Waals surface area contributed by atoms with Gasteiger partial charge in [-0.2, -0.15) is 13.2 Å². The normalized spacial score (nSPS) is 18.4. The minimum Gasteiger partial charge on any atom is -0.378 e. The first-order valence-electron chi connectivity index (χ1n) is 6.19. The monoisotopic (exact) mass is 368 g/mol. The number of hydrogen-bond acceptors (Lipinski definition) is 3. The minimum atomic E-state index is -4.84. The highest BCUT2D eigenvalue weighted by molar-refractivity contribution is 9.09. The average Bonchev–Trinajstić information content (AvgIpc) is 2.42. The number of benzene rings is 1. The Labute approximate surface area is 129 Å². The topological polar surface area (TPSA) is 50.4 Å². The molecule has 118 valence electrons. The number of halogens is 4. The smallest absolute Gasteiger partial charge is 0.378 e. The zero-order chi connectivity index (χ0) is 15.9. The lowest BCUT2D eigenvalue weighted by atomic mass is 10.2. The van der Waals surface area contributed by atoms with E-state index in [2.05, 4.69) is 21.2 Å². The molecule has 2 N–H and O–H groups in total. The van der Waals surface area contributed by atoms with Gasteiger partial charge in [0, 0.05) is 12.2 Å². The van der Waals surface area contributed by atoms with Crippen molar-refractivity contribution in [3.05, 3.63) is 29.8 Å². The van der Waals surface area contributed by atoms with Gasteiger partial charge in [-0.15, -0.1) is 0 Å². The molecule has 0 radical (unpaired) electrons. The Morgan fingerprint density at radius 1 is 1.43 bits per heavy atom. The molecule has 0 aliphatic carbocycles. The number of rotatable bonds is 1. The number of amides is 1. The van der Waals surface area contributed by atoms with Crippen molar-refractivity contribution in [2.24, 2.45) is 0 Å². The van der Waals surface area contributed by atoms with Crippen LogP contribution in [0.5, 0.6) is 0 Å². The highest BCUT2D eigenvalue weighted by Gasteiger charge is 2.38. The van der Waals surface area contributed by atoms with Crippen molar-refractivity contribution in [1.29, 1.82) is 0 Å². The molecular formula is C13H16BrF3N2O2. The van der Waals surface area contributed by atoms with Gasteiger partial charge in [0.25, 0.3) is 0 Å². The molecular weight excluding hydrogens is 353 g/mol. The van der Waals surface area contributed by atoms with Crippen LogP contribution in [0.1, 0.15) is 5.56 Å². The first-order chi connectivity index (χ1) is 9.80. The molecule has 1 aliphatic rings. The number of para-hydroxylation sites is 1. The molecule has 1 unspecified atom stereocenters. The standard InChI is InChI=1S/C9H8F3NO.C4H8BrNO/c1-6-4-2-3-5-7(6)13-8(14)9(10,11)12;5-4-3-7-2-1-6-4/h2-5H,1H3,(H,13,14);4,6H,1-3H2. The van der Waals surface area contributed by atoms with E-state index >= 15 is 0 Å². The van der Waals surface area contributed by atoms with E-state index in [9.17, 15) is 18.0 Å². The highest BCUT2D eigenvalue weighted by Crippen LogP contribution is 2.20. The number of aryl methyl sites for hydroxylation is 1. The van der Waals surface area contributed by atoms with Gasteiger partial charge in [0.1, 0.15) is 0 Å². The van der Waals surface area contributed by atoms with E-state index in [1.807, 2.05) is 0 Å². The Hall–Kier alpha value is -1.12. The third-order valence-electron chi connectivity index (χ3n) is 2.53. The summed E-state index contributed by atoms with van der Waals surface area (Å²) >= 11 is 3.35. The molecule has 0 saturated carbocycles. The van der Waals surface area contributed by atoms with E-state index in [1.54, 1.807) is 30.4 Å². The maximum Gasteiger partial charge on any atom is 0.471 e. The van der Waals surface area contributed by atoms with Crippen LogP contribution in [-0.4, -0.2) is 36.8 Å². The molecule has 0 spiro atoms. The fourth-order valence-corrected chi connectivity index (χ4v) is 1.86. The quantitative estimate of drug-likeness (QED) is 0.591. The van der Waals surface area contributed by atoms with Crippen molar-refractivity contribution in [3.63, 3.8) is 0 Å². The summed E-state index contributed by atoms with van der Waals surface area (Å²) in [4.78, 5) is 10.9. The van der Waals surface area contributed by atoms with E-state index in [4.69, 9.17) is 4.74 Å². The van der Waals surface area contributed by atoms with Crippen molar-refractivity contribution in [2.45, 2.75) is 18.1 Å². The predicted octanol–water partition coefficient (Wildman–Crippen LogP) is 2.82. The van der Waals surface area contributed by atoms with Crippen molar-refractivity contribution in [3.8, 4) is 0 Å².